The Morgan fingerprint density at radius 3 is 2.76 bits per heavy atom. The quantitative estimate of drug-likeness (QED) is 0.856. The molecule has 3 nitrogen and oxygen atoms in total. The highest BCUT2D eigenvalue weighted by molar-refractivity contribution is 6.31. The fourth-order valence-corrected chi connectivity index (χ4v) is 2.00. The standard InChI is InChI=1S/C17H14ClNO2/c18-16-9-2-1-7-15(16)12-19-17(21)14-8-3-5-13(11-14)6-4-10-20/h1-3,5,7-9,11,20H,10,12H2,(H,19,21). The van der Waals surface area contributed by atoms with Crippen molar-refractivity contribution in [3.8, 4) is 11.8 Å². The summed E-state index contributed by atoms with van der Waals surface area (Å²) in [4.78, 5) is 12.1. The lowest BCUT2D eigenvalue weighted by Crippen LogP contribution is -2.22. The van der Waals surface area contributed by atoms with Gasteiger partial charge in [-0.3, -0.25) is 4.79 Å². The van der Waals surface area contributed by atoms with Gasteiger partial charge in [-0.2, -0.15) is 0 Å². The number of hydrogen-bond donors (Lipinski definition) is 2. The zero-order valence-corrected chi connectivity index (χ0v) is 12.0. The van der Waals surface area contributed by atoms with Gasteiger partial charge in [0.25, 0.3) is 5.91 Å². The third-order valence-electron chi connectivity index (χ3n) is 2.83. The van der Waals surface area contributed by atoms with Gasteiger partial charge in [-0.05, 0) is 29.8 Å². The third kappa shape index (κ3) is 4.35. The van der Waals surface area contributed by atoms with E-state index in [1.54, 1.807) is 30.3 Å². The average Bonchev–Trinajstić information content (AvgIpc) is 2.52. The van der Waals surface area contributed by atoms with Gasteiger partial charge in [0.1, 0.15) is 6.61 Å². The Kier molecular flexibility index (Phi) is 5.39. The molecule has 106 valence electrons. The Bertz CT molecular complexity index is 701. The summed E-state index contributed by atoms with van der Waals surface area (Å²) in [6.45, 7) is 0.161. The van der Waals surface area contributed by atoms with Crippen molar-refractivity contribution in [1.82, 2.24) is 5.32 Å². The molecule has 0 atom stereocenters. The second-order valence-corrected chi connectivity index (χ2v) is 4.72. The molecule has 0 fully saturated rings. The summed E-state index contributed by atoms with van der Waals surface area (Å²) in [5.41, 5.74) is 2.07. The molecule has 0 aliphatic heterocycles. The topological polar surface area (TPSA) is 49.3 Å². The van der Waals surface area contributed by atoms with E-state index < -0.39 is 0 Å². The van der Waals surface area contributed by atoms with Gasteiger partial charge >= 0.3 is 0 Å². The van der Waals surface area contributed by atoms with Crippen molar-refractivity contribution in [1.29, 1.82) is 0 Å². The van der Waals surface area contributed by atoms with Crippen molar-refractivity contribution in [2.24, 2.45) is 0 Å². The summed E-state index contributed by atoms with van der Waals surface area (Å²) in [6, 6.07) is 14.3. The van der Waals surface area contributed by atoms with Crippen LogP contribution in [0.2, 0.25) is 5.02 Å². The lowest BCUT2D eigenvalue weighted by Gasteiger charge is -2.07. The molecule has 0 bridgehead atoms. The molecule has 1 amide bonds. The zero-order valence-electron chi connectivity index (χ0n) is 11.3. The Hall–Kier alpha value is -2.28. The minimum absolute atomic E-state index is 0.192. The number of aliphatic hydroxyl groups is 1. The van der Waals surface area contributed by atoms with Gasteiger partial charge in [-0.1, -0.05) is 47.7 Å². The van der Waals surface area contributed by atoms with Crippen LogP contribution in [0.4, 0.5) is 0 Å². The molecular weight excluding hydrogens is 286 g/mol. The molecule has 0 radical (unpaired) electrons. The van der Waals surface area contributed by atoms with Gasteiger partial charge in [-0.25, -0.2) is 0 Å². The first-order chi connectivity index (χ1) is 10.2. The molecule has 0 saturated carbocycles. The zero-order chi connectivity index (χ0) is 15.1. The van der Waals surface area contributed by atoms with Gasteiger partial charge in [-0.15, -0.1) is 0 Å². The number of amides is 1. The fraction of sp³-hybridized carbons (Fsp3) is 0.118. The van der Waals surface area contributed by atoms with Gasteiger partial charge in [0, 0.05) is 22.7 Å². The van der Waals surface area contributed by atoms with Gasteiger partial charge in [0.15, 0.2) is 0 Å². The number of aliphatic hydroxyl groups excluding tert-OH is 1. The van der Waals surface area contributed by atoms with E-state index in [1.807, 2.05) is 18.2 Å². The van der Waals surface area contributed by atoms with Crippen LogP contribution in [0.5, 0.6) is 0 Å². The number of halogens is 1. The Labute approximate surface area is 128 Å². The van der Waals surface area contributed by atoms with Crippen LogP contribution in [0.3, 0.4) is 0 Å². The predicted molar refractivity (Wildman–Crippen MR) is 83.0 cm³/mol. The van der Waals surface area contributed by atoms with Crippen LogP contribution < -0.4 is 5.32 Å². The normalized spacial score (nSPS) is 9.62. The van der Waals surface area contributed by atoms with Crippen molar-refractivity contribution in [3.05, 3.63) is 70.2 Å². The van der Waals surface area contributed by atoms with Crippen molar-refractivity contribution in [3.63, 3.8) is 0 Å². The van der Waals surface area contributed by atoms with Crippen molar-refractivity contribution < 1.29 is 9.90 Å². The Morgan fingerprint density at radius 1 is 1.19 bits per heavy atom. The molecule has 0 unspecified atom stereocenters. The van der Waals surface area contributed by atoms with Crippen LogP contribution in [-0.2, 0) is 6.54 Å². The van der Waals surface area contributed by atoms with E-state index in [-0.39, 0.29) is 12.5 Å². The van der Waals surface area contributed by atoms with Crippen LogP contribution >= 0.6 is 11.6 Å². The highest BCUT2D eigenvalue weighted by atomic mass is 35.5. The monoisotopic (exact) mass is 299 g/mol. The Balaban J connectivity index is 2.05. The first kappa shape index (κ1) is 15.1. The SMILES string of the molecule is O=C(NCc1ccccc1Cl)c1cccc(C#CCO)c1. The van der Waals surface area contributed by atoms with Crippen LogP contribution in [0.25, 0.3) is 0 Å². The number of carbonyl (C=O) groups is 1. The van der Waals surface area contributed by atoms with E-state index in [0.717, 1.165) is 5.56 Å². The van der Waals surface area contributed by atoms with Crippen molar-refractivity contribution in [2.45, 2.75) is 6.54 Å². The number of carbonyl (C=O) groups excluding carboxylic acids is 1. The van der Waals surface area contributed by atoms with Crippen LogP contribution in [0, 0.1) is 11.8 Å². The van der Waals surface area contributed by atoms with Crippen LogP contribution in [0.15, 0.2) is 48.5 Å². The summed E-state index contributed by atoms with van der Waals surface area (Å²) in [6.07, 6.45) is 0. The molecule has 2 aromatic rings. The highest BCUT2D eigenvalue weighted by Crippen LogP contribution is 2.14. The van der Waals surface area contributed by atoms with Crippen LogP contribution in [-0.4, -0.2) is 17.6 Å². The number of rotatable bonds is 3. The molecule has 0 aliphatic rings. The Morgan fingerprint density at radius 2 is 2.00 bits per heavy atom. The van der Waals surface area contributed by atoms with Gasteiger partial charge in [0.05, 0.1) is 0 Å². The fourth-order valence-electron chi connectivity index (χ4n) is 1.80. The third-order valence-corrected chi connectivity index (χ3v) is 3.20. The highest BCUT2D eigenvalue weighted by Gasteiger charge is 2.06. The predicted octanol–water partition coefficient (Wildman–Crippen LogP) is 2.61. The maximum absolute atomic E-state index is 12.1. The minimum Gasteiger partial charge on any atom is -0.384 e. The van der Waals surface area contributed by atoms with Gasteiger partial charge < -0.3 is 10.4 Å². The van der Waals surface area contributed by atoms with Crippen LogP contribution in [0.1, 0.15) is 21.5 Å². The lowest BCUT2D eigenvalue weighted by molar-refractivity contribution is 0.0951. The van der Waals surface area contributed by atoms with Crippen molar-refractivity contribution in [2.75, 3.05) is 6.61 Å². The molecule has 21 heavy (non-hydrogen) atoms. The van der Waals surface area contributed by atoms with Crippen molar-refractivity contribution >= 4 is 17.5 Å². The summed E-state index contributed by atoms with van der Waals surface area (Å²) in [5.74, 6) is 5.13. The molecule has 0 aromatic heterocycles. The van der Waals surface area contributed by atoms with E-state index in [9.17, 15) is 4.79 Å². The molecule has 0 aliphatic carbocycles. The molecule has 4 heteroatoms. The number of benzene rings is 2. The molecule has 2 N–H and O–H groups in total. The maximum atomic E-state index is 12.1. The van der Waals surface area contributed by atoms with E-state index in [2.05, 4.69) is 17.2 Å². The summed E-state index contributed by atoms with van der Waals surface area (Å²) < 4.78 is 0. The smallest absolute Gasteiger partial charge is 0.251 e. The molecule has 0 spiro atoms. The maximum Gasteiger partial charge on any atom is 0.251 e. The molecule has 2 rings (SSSR count). The number of hydrogen-bond acceptors (Lipinski definition) is 2. The second kappa shape index (κ2) is 7.49. The molecule has 2 aromatic carbocycles. The van der Waals surface area contributed by atoms with Gasteiger partial charge in [0.2, 0.25) is 0 Å². The lowest BCUT2D eigenvalue weighted by atomic mass is 10.1. The van der Waals surface area contributed by atoms with E-state index in [1.165, 1.54) is 0 Å². The average molecular weight is 300 g/mol. The molecule has 0 heterocycles. The van der Waals surface area contributed by atoms with E-state index in [4.69, 9.17) is 16.7 Å². The summed E-state index contributed by atoms with van der Waals surface area (Å²) in [5, 5.41) is 12.1. The molecular formula is C17H14ClNO2. The molecule has 0 saturated heterocycles. The minimum atomic E-state index is -0.205. The summed E-state index contributed by atoms with van der Waals surface area (Å²) in [7, 11) is 0. The van der Waals surface area contributed by atoms with E-state index in [0.29, 0.717) is 22.7 Å². The number of nitrogens with one attached hydrogen (secondary N) is 1. The largest absolute Gasteiger partial charge is 0.384 e. The second-order valence-electron chi connectivity index (χ2n) is 4.31. The first-order valence-corrected chi connectivity index (χ1v) is 6.80. The summed E-state index contributed by atoms with van der Waals surface area (Å²) >= 11 is 6.04. The first-order valence-electron chi connectivity index (χ1n) is 6.42. The van der Waals surface area contributed by atoms with E-state index >= 15 is 0 Å².